The molecule has 0 aliphatic carbocycles. The van der Waals surface area contributed by atoms with Gasteiger partial charge in [0.15, 0.2) is 5.17 Å². The highest BCUT2D eigenvalue weighted by Crippen LogP contribution is 2.28. The maximum absolute atomic E-state index is 12.0. The Bertz CT molecular complexity index is 599. The molecule has 0 bridgehead atoms. The van der Waals surface area contributed by atoms with Crippen LogP contribution in [0.2, 0.25) is 0 Å². The van der Waals surface area contributed by atoms with Crippen LogP contribution in [0.4, 0.5) is 0 Å². The van der Waals surface area contributed by atoms with Gasteiger partial charge < -0.3 is 0 Å². The number of carbonyl (C=O) groups is 3. The fraction of sp³-hybridized carbons (Fsp3) is 0.417. The van der Waals surface area contributed by atoms with Crippen LogP contribution in [0.15, 0.2) is 22.4 Å². The minimum absolute atomic E-state index is 0.0541. The summed E-state index contributed by atoms with van der Waals surface area (Å²) in [7, 11) is 1.46. The van der Waals surface area contributed by atoms with Crippen molar-refractivity contribution in [2.45, 2.75) is 19.1 Å². The monoisotopic (exact) mass is 326 g/mol. The highest BCUT2D eigenvalue weighted by atomic mass is 32.2. The van der Waals surface area contributed by atoms with E-state index >= 15 is 0 Å². The third-order valence-corrected chi connectivity index (χ3v) is 4.69. The third kappa shape index (κ3) is 3.18. The van der Waals surface area contributed by atoms with Crippen molar-refractivity contribution in [3.8, 4) is 0 Å². The Balaban J connectivity index is 2.23. The van der Waals surface area contributed by atoms with E-state index in [9.17, 15) is 14.4 Å². The van der Waals surface area contributed by atoms with E-state index in [0.29, 0.717) is 11.7 Å². The highest BCUT2D eigenvalue weighted by molar-refractivity contribution is 8.28. The Morgan fingerprint density at radius 1 is 1.29 bits per heavy atom. The van der Waals surface area contributed by atoms with Gasteiger partial charge in [-0.15, -0.1) is 10.2 Å². The largest absolute Gasteiger partial charge is 0.307 e. The van der Waals surface area contributed by atoms with Gasteiger partial charge in [-0.1, -0.05) is 23.9 Å². The molecular formula is C12H14N4O3S2. The van der Waals surface area contributed by atoms with Crippen LogP contribution in [0.5, 0.6) is 0 Å². The Morgan fingerprint density at radius 2 is 1.90 bits per heavy atom. The maximum atomic E-state index is 12.0. The molecule has 2 rings (SSSR count). The van der Waals surface area contributed by atoms with Crippen LogP contribution in [-0.4, -0.2) is 55.9 Å². The van der Waals surface area contributed by atoms with Gasteiger partial charge in [-0.05, 0) is 25.6 Å². The summed E-state index contributed by atoms with van der Waals surface area (Å²) < 4.78 is 0. The van der Waals surface area contributed by atoms with Crippen LogP contribution in [0.25, 0.3) is 0 Å². The number of hydrogen-bond donors (Lipinski definition) is 0. The second-order valence-corrected chi connectivity index (χ2v) is 6.91. The molecule has 9 heteroatoms. The van der Waals surface area contributed by atoms with Crippen molar-refractivity contribution in [1.82, 2.24) is 9.80 Å². The molecule has 0 aromatic carbocycles. The molecule has 2 fully saturated rings. The second kappa shape index (κ2) is 6.02. The van der Waals surface area contributed by atoms with Gasteiger partial charge in [0.25, 0.3) is 5.12 Å². The SMILES string of the molecule is C=C(C)CN1C(=O)C(C)S/C1=N/N=C1/SC(=O)C(=O)N1C. The van der Waals surface area contributed by atoms with E-state index in [1.807, 2.05) is 6.92 Å². The average Bonchev–Trinajstić information content (AvgIpc) is 2.81. The summed E-state index contributed by atoms with van der Waals surface area (Å²) >= 11 is 2.02. The van der Waals surface area contributed by atoms with Crippen LogP contribution < -0.4 is 0 Å². The summed E-state index contributed by atoms with van der Waals surface area (Å²) in [6, 6.07) is 0. The first kappa shape index (κ1) is 15.8. The van der Waals surface area contributed by atoms with Gasteiger partial charge in [0.1, 0.15) is 0 Å². The highest BCUT2D eigenvalue weighted by Gasteiger charge is 2.36. The molecule has 1 atom stereocenters. The lowest BCUT2D eigenvalue weighted by Gasteiger charge is -2.15. The molecule has 21 heavy (non-hydrogen) atoms. The van der Waals surface area contributed by atoms with E-state index < -0.39 is 11.0 Å². The van der Waals surface area contributed by atoms with Crippen molar-refractivity contribution in [2.24, 2.45) is 10.2 Å². The van der Waals surface area contributed by atoms with E-state index in [1.54, 1.807) is 6.92 Å². The molecule has 1 unspecified atom stereocenters. The first-order valence-corrected chi connectivity index (χ1v) is 7.78. The van der Waals surface area contributed by atoms with Crippen LogP contribution in [0.1, 0.15) is 13.8 Å². The van der Waals surface area contributed by atoms with E-state index in [-0.39, 0.29) is 16.3 Å². The average molecular weight is 326 g/mol. The van der Waals surface area contributed by atoms with Gasteiger partial charge in [0, 0.05) is 13.6 Å². The molecule has 0 aromatic rings. The number of rotatable bonds is 3. The molecule has 2 aliphatic rings. The molecule has 0 radical (unpaired) electrons. The summed E-state index contributed by atoms with van der Waals surface area (Å²) in [6.07, 6.45) is 0. The third-order valence-electron chi connectivity index (χ3n) is 2.73. The van der Waals surface area contributed by atoms with Crippen LogP contribution in [0.3, 0.4) is 0 Å². The first-order chi connectivity index (χ1) is 9.81. The van der Waals surface area contributed by atoms with Gasteiger partial charge in [-0.25, -0.2) is 0 Å². The van der Waals surface area contributed by atoms with E-state index in [1.165, 1.54) is 23.7 Å². The van der Waals surface area contributed by atoms with E-state index in [2.05, 4.69) is 16.8 Å². The van der Waals surface area contributed by atoms with Gasteiger partial charge in [-0.3, -0.25) is 24.2 Å². The van der Waals surface area contributed by atoms with Crippen molar-refractivity contribution < 1.29 is 14.4 Å². The molecule has 112 valence electrons. The quantitative estimate of drug-likeness (QED) is 0.437. The molecule has 0 saturated carbocycles. The lowest BCUT2D eigenvalue weighted by molar-refractivity contribution is -0.136. The summed E-state index contributed by atoms with van der Waals surface area (Å²) in [5, 5.41) is 7.78. The fourth-order valence-electron chi connectivity index (χ4n) is 1.67. The van der Waals surface area contributed by atoms with Gasteiger partial charge >= 0.3 is 5.91 Å². The molecule has 7 nitrogen and oxygen atoms in total. The van der Waals surface area contributed by atoms with Gasteiger partial charge in [0.05, 0.1) is 5.25 Å². The topological polar surface area (TPSA) is 82.4 Å². The lowest BCUT2D eigenvalue weighted by atomic mass is 10.3. The van der Waals surface area contributed by atoms with Crippen LogP contribution >= 0.6 is 23.5 Å². The van der Waals surface area contributed by atoms with Crippen molar-refractivity contribution in [3.05, 3.63) is 12.2 Å². The number of thioether (sulfide) groups is 2. The molecule has 2 heterocycles. The Morgan fingerprint density at radius 3 is 2.43 bits per heavy atom. The van der Waals surface area contributed by atoms with Crippen LogP contribution in [0, 0.1) is 0 Å². The van der Waals surface area contributed by atoms with Gasteiger partial charge in [-0.2, -0.15) is 0 Å². The Kier molecular flexibility index (Phi) is 4.52. The zero-order valence-electron chi connectivity index (χ0n) is 11.8. The maximum Gasteiger partial charge on any atom is 0.307 e. The molecular weight excluding hydrogens is 312 g/mol. The minimum Gasteiger partial charge on any atom is -0.285 e. The normalized spacial score (nSPS) is 26.6. The number of amidine groups is 2. The summed E-state index contributed by atoms with van der Waals surface area (Å²) in [5.74, 6) is -0.678. The van der Waals surface area contributed by atoms with E-state index in [0.717, 1.165) is 22.2 Å². The Hall–Kier alpha value is -1.61. The Labute approximate surface area is 130 Å². The van der Waals surface area contributed by atoms with Crippen molar-refractivity contribution in [3.63, 3.8) is 0 Å². The first-order valence-electron chi connectivity index (χ1n) is 6.09. The lowest BCUT2D eigenvalue weighted by Crippen LogP contribution is -2.32. The smallest absolute Gasteiger partial charge is 0.285 e. The number of likely N-dealkylation sites (N-methyl/N-ethyl adjacent to an activating group) is 1. The predicted octanol–water partition coefficient (Wildman–Crippen LogP) is 0.885. The summed E-state index contributed by atoms with van der Waals surface area (Å²) in [6.45, 7) is 7.77. The van der Waals surface area contributed by atoms with Crippen molar-refractivity contribution in [1.29, 1.82) is 0 Å². The van der Waals surface area contributed by atoms with Crippen molar-refractivity contribution in [2.75, 3.05) is 13.6 Å². The molecule has 0 N–H and O–H groups in total. The van der Waals surface area contributed by atoms with Gasteiger partial charge in [0.2, 0.25) is 11.1 Å². The number of carbonyl (C=O) groups excluding carboxylic acids is 3. The minimum atomic E-state index is -0.624. The molecule has 2 saturated heterocycles. The molecule has 2 aliphatic heterocycles. The number of nitrogens with zero attached hydrogens (tertiary/aromatic N) is 4. The fourth-order valence-corrected chi connectivity index (χ4v) is 3.28. The predicted molar refractivity (Wildman–Crippen MR) is 83.8 cm³/mol. The molecule has 0 spiro atoms. The zero-order valence-corrected chi connectivity index (χ0v) is 13.5. The van der Waals surface area contributed by atoms with E-state index in [4.69, 9.17) is 0 Å². The standard InChI is InChI=1S/C12H14N4O3S2/c1-6(2)5-16-8(17)7(3)20-12(16)14-13-11-15(4)9(18)10(19)21-11/h7H,1,5H2,2-4H3/b13-11+,14-12+. The zero-order chi connectivity index (χ0) is 15.7. The number of hydrogen-bond acceptors (Lipinski definition) is 7. The summed E-state index contributed by atoms with van der Waals surface area (Å²) in [5.41, 5.74) is 0.830. The molecule has 0 aromatic heterocycles. The summed E-state index contributed by atoms with van der Waals surface area (Å²) in [4.78, 5) is 37.3. The van der Waals surface area contributed by atoms with Crippen LogP contribution in [-0.2, 0) is 14.4 Å². The molecule has 2 amide bonds. The number of amides is 2. The second-order valence-electron chi connectivity index (χ2n) is 4.66. The van der Waals surface area contributed by atoms with Crippen molar-refractivity contribution >= 4 is 50.8 Å².